The summed E-state index contributed by atoms with van der Waals surface area (Å²) in [5.41, 5.74) is 7.27. The summed E-state index contributed by atoms with van der Waals surface area (Å²) in [6, 6.07) is 0.505. The summed E-state index contributed by atoms with van der Waals surface area (Å²) >= 11 is -1.93. The highest BCUT2D eigenvalue weighted by Crippen LogP contribution is 2.37. The first-order chi connectivity index (χ1) is 10.6. The standard InChI is InChI=1S/C12H17N7O2S/c13-12-16-10(15-7-3-4-18(5-7)22(20)21)9-11(17-12)19(6-14-9)8-1-2-8/h6-8H,1-5H2,(H,20,21)(H3,13,15,16,17). The topological polar surface area (TPSA) is 122 Å². The Morgan fingerprint density at radius 1 is 1.36 bits per heavy atom. The van der Waals surface area contributed by atoms with Gasteiger partial charge in [0.15, 0.2) is 17.0 Å². The summed E-state index contributed by atoms with van der Waals surface area (Å²) in [7, 11) is 0. The number of nitrogen functional groups attached to an aromatic ring is 1. The van der Waals surface area contributed by atoms with E-state index in [1.165, 1.54) is 4.31 Å². The number of nitrogens with zero attached hydrogens (tertiary/aromatic N) is 5. The van der Waals surface area contributed by atoms with E-state index in [9.17, 15) is 4.21 Å². The molecule has 2 unspecified atom stereocenters. The molecule has 2 aliphatic rings. The van der Waals surface area contributed by atoms with E-state index in [0.717, 1.165) is 24.9 Å². The monoisotopic (exact) mass is 323 g/mol. The van der Waals surface area contributed by atoms with Crippen molar-refractivity contribution in [2.75, 3.05) is 24.1 Å². The molecule has 0 radical (unpaired) electrons. The number of hydrogen-bond donors (Lipinski definition) is 3. The first-order valence-corrected chi connectivity index (χ1v) is 8.30. The van der Waals surface area contributed by atoms with Crippen molar-refractivity contribution in [1.82, 2.24) is 23.8 Å². The Kier molecular flexibility index (Phi) is 3.24. The van der Waals surface area contributed by atoms with Crippen molar-refractivity contribution in [2.45, 2.75) is 31.3 Å². The summed E-state index contributed by atoms with van der Waals surface area (Å²) in [5.74, 6) is 0.801. The van der Waals surface area contributed by atoms with Crippen LogP contribution in [0.4, 0.5) is 11.8 Å². The second kappa shape index (κ2) is 5.14. The molecule has 1 aliphatic heterocycles. The smallest absolute Gasteiger partial charge is 0.234 e. The van der Waals surface area contributed by atoms with Crippen LogP contribution < -0.4 is 11.1 Å². The van der Waals surface area contributed by atoms with Crippen molar-refractivity contribution in [3.8, 4) is 0 Å². The molecular formula is C12H17N7O2S. The van der Waals surface area contributed by atoms with E-state index in [4.69, 9.17) is 10.3 Å². The molecule has 1 saturated carbocycles. The van der Waals surface area contributed by atoms with Gasteiger partial charge < -0.3 is 15.6 Å². The first-order valence-electron chi connectivity index (χ1n) is 7.24. The fourth-order valence-corrected chi connectivity index (χ4v) is 3.40. The molecule has 4 N–H and O–H groups in total. The van der Waals surface area contributed by atoms with Crippen molar-refractivity contribution in [3.63, 3.8) is 0 Å². The SMILES string of the molecule is Nc1nc(NC2CCN(S(=O)O)C2)c2ncn(C3CC3)c2n1. The minimum absolute atomic E-state index is 0.0414. The highest BCUT2D eigenvalue weighted by molar-refractivity contribution is 7.76. The zero-order valence-corrected chi connectivity index (χ0v) is 12.7. The van der Waals surface area contributed by atoms with Crippen LogP contribution in [0.15, 0.2) is 6.33 Å². The minimum Gasteiger partial charge on any atom is -0.368 e. The average Bonchev–Trinajstić information content (AvgIpc) is 3.05. The molecular weight excluding hydrogens is 306 g/mol. The Labute approximate surface area is 129 Å². The molecule has 10 heteroatoms. The average molecular weight is 323 g/mol. The van der Waals surface area contributed by atoms with Crippen LogP contribution in [0.1, 0.15) is 25.3 Å². The summed E-state index contributed by atoms with van der Waals surface area (Å²) in [5, 5.41) is 3.29. The molecule has 118 valence electrons. The Balaban J connectivity index is 1.63. The molecule has 1 aliphatic carbocycles. The van der Waals surface area contributed by atoms with Gasteiger partial charge >= 0.3 is 0 Å². The molecule has 2 fully saturated rings. The summed E-state index contributed by atoms with van der Waals surface area (Å²) in [4.78, 5) is 13.0. The third-order valence-electron chi connectivity index (χ3n) is 4.09. The van der Waals surface area contributed by atoms with Gasteiger partial charge in [-0.2, -0.15) is 14.3 Å². The van der Waals surface area contributed by atoms with E-state index >= 15 is 0 Å². The predicted molar refractivity (Wildman–Crippen MR) is 82.4 cm³/mol. The summed E-state index contributed by atoms with van der Waals surface area (Å²) in [6.07, 6.45) is 4.82. The molecule has 1 saturated heterocycles. The van der Waals surface area contributed by atoms with Gasteiger partial charge in [0.2, 0.25) is 17.2 Å². The maximum absolute atomic E-state index is 11.1. The van der Waals surface area contributed by atoms with Crippen LogP contribution in [0.5, 0.6) is 0 Å². The number of nitrogens with two attached hydrogens (primary N) is 1. The van der Waals surface area contributed by atoms with Gasteiger partial charge in [0, 0.05) is 25.2 Å². The van der Waals surface area contributed by atoms with Crippen molar-refractivity contribution < 1.29 is 8.76 Å². The Morgan fingerprint density at radius 3 is 2.86 bits per heavy atom. The highest BCUT2D eigenvalue weighted by Gasteiger charge is 2.29. The molecule has 0 bridgehead atoms. The Morgan fingerprint density at radius 2 is 2.18 bits per heavy atom. The predicted octanol–water partition coefficient (Wildman–Crippen LogP) is 0.366. The quantitative estimate of drug-likeness (QED) is 0.695. The van der Waals surface area contributed by atoms with Crippen LogP contribution in [0.2, 0.25) is 0 Å². The van der Waals surface area contributed by atoms with E-state index in [-0.39, 0.29) is 12.0 Å². The van der Waals surface area contributed by atoms with E-state index in [1.54, 1.807) is 6.33 Å². The first kappa shape index (κ1) is 13.9. The van der Waals surface area contributed by atoms with Gasteiger partial charge in [-0.15, -0.1) is 0 Å². The van der Waals surface area contributed by atoms with Crippen LogP contribution in [0.25, 0.3) is 11.2 Å². The molecule has 22 heavy (non-hydrogen) atoms. The van der Waals surface area contributed by atoms with Crippen LogP contribution >= 0.6 is 0 Å². The molecule has 2 aromatic rings. The van der Waals surface area contributed by atoms with Crippen molar-refractivity contribution >= 4 is 34.2 Å². The number of aromatic nitrogens is 4. The number of nitrogens with one attached hydrogen (secondary N) is 1. The second-order valence-electron chi connectivity index (χ2n) is 5.73. The normalized spacial score (nSPS) is 24.0. The maximum Gasteiger partial charge on any atom is 0.234 e. The Hall–Kier alpha value is -1.78. The largest absolute Gasteiger partial charge is 0.368 e. The van der Waals surface area contributed by atoms with Crippen LogP contribution in [-0.4, -0.2) is 51.7 Å². The number of anilines is 2. The highest BCUT2D eigenvalue weighted by atomic mass is 32.2. The molecule has 0 amide bonds. The van der Waals surface area contributed by atoms with E-state index in [2.05, 4.69) is 20.3 Å². The zero-order valence-electron chi connectivity index (χ0n) is 11.8. The van der Waals surface area contributed by atoms with Gasteiger partial charge in [-0.05, 0) is 19.3 Å². The molecule has 3 heterocycles. The molecule has 0 aromatic carbocycles. The zero-order chi connectivity index (χ0) is 15.3. The van der Waals surface area contributed by atoms with Gasteiger partial charge in [-0.1, -0.05) is 0 Å². The fraction of sp³-hybridized carbons (Fsp3) is 0.583. The molecule has 2 atom stereocenters. The van der Waals surface area contributed by atoms with Crippen LogP contribution in [-0.2, 0) is 11.3 Å². The fourth-order valence-electron chi connectivity index (χ4n) is 2.84. The third kappa shape index (κ3) is 2.42. The van der Waals surface area contributed by atoms with Gasteiger partial charge in [0.25, 0.3) is 0 Å². The number of imidazole rings is 1. The van der Waals surface area contributed by atoms with E-state index < -0.39 is 11.3 Å². The van der Waals surface area contributed by atoms with Gasteiger partial charge in [0.1, 0.15) is 0 Å². The van der Waals surface area contributed by atoms with Gasteiger partial charge in [-0.3, -0.25) is 4.55 Å². The van der Waals surface area contributed by atoms with Crippen LogP contribution in [0, 0.1) is 0 Å². The lowest BCUT2D eigenvalue weighted by molar-refractivity contribution is 0.451. The van der Waals surface area contributed by atoms with Gasteiger partial charge in [0.05, 0.1) is 6.33 Å². The van der Waals surface area contributed by atoms with Crippen molar-refractivity contribution in [2.24, 2.45) is 0 Å². The molecule has 0 spiro atoms. The van der Waals surface area contributed by atoms with Crippen molar-refractivity contribution in [3.05, 3.63) is 6.33 Å². The maximum atomic E-state index is 11.1. The van der Waals surface area contributed by atoms with Gasteiger partial charge in [-0.25, -0.2) is 9.19 Å². The molecule has 9 nitrogen and oxygen atoms in total. The van der Waals surface area contributed by atoms with E-state index in [1.807, 2.05) is 4.57 Å². The minimum atomic E-state index is -1.93. The number of rotatable bonds is 4. The lowest BCUT2D eigenvalue weighted by Crippen LogP contribution is -2.27. The molecule has 2 aromatic heterocycles. The summed E-state index contributed by atoms with van der Waals surface area (Å²) in [6.45, 7) is 1.05. The second-order valence-corrected chi connectivity index (χ2v) is 6.71. The third-order valence-corrected chi connectivity index (χ3v) is 4.87. The Bertz CT molecular complexity index is 744. The summed E-state index contributed by atoms with van der Waals surface area (Å²) < 4.78 is 23.8. The lowest BCUT2D eigenvalue weighted by Gasteiger charge is -2.14. The number of hydrogen-bond acceptors (Lipinski definition) is 6. The van der Waals surface area contributed by atoms with Crippen LogP contribution in [0.3, 0.4) is 0 Å². The lowest BCUT2D eigenvalue weighted by atomic mass is 10.2. The number of fused-ring (bicyclic) bond motifs is 1. The molecule has 4 rings (SSSR count). The van der Waals surface area contributed by atoms with E-state index in [0.29, 0.717) is 30.5 Å². The van der Waals surface area contributed by atoms with Crippen molar-refractivity contribution in [1.29, 1.82) is 0 Å².